The first-order valence-electron chi connectivity index (χ1n) is 8.17. The largest absolute Gasteiger partial charge is 0.477 e. The van der Waals surface area contributed by atoms with Gasteiger partial charge in [0, 0.05) is 37.3 Å². The van der Waals surface area contributed by atoms with Crippen molar-refractivity contribution in [3.8, 4) is 0 Å². The smallest absolute Gasteiger partial charge is 0.341 e. The van der Waals surface area contributed by atoms with Gasteiger partial charge in [0.05, 0.1) is 16.6 Å². The van der Waals surface area contributed by atoms with E-state index in [4.69, 9.17) is 5.73 Å². The third-order valence-corrected chi connectivity index (χ3v) is 5.07. The zero-order chi connectivity index (χ0) is 18.7. The highest BCUT2D eigenvalue weighted by molar-refractivity contribution is 5.96. The third kappa shape index (κ3) is 2.26. The highest BCUT2D eigenvalue weighted by Crippen LogP contribution is 2.32. The SMILES string of the molecule is CC1C(N)CN1c1cc2nc3c(cc2cc1F)c(=O)c(C(=O)O)cn3C. The number of carboxylic acids is 1. The first-order valence-corrected chi connectivity index (χ1v) is 8.17. The van der Waals surface area contributed by atoms with Crippen LogP contribution in [0.25, 0.3) is 21.9 Å². The van der Waals surface area contributed by atoms with Gasteiger partial charge in [-0.15, -0.1) is 0 Å². The number of aromatic carboxylic acids is 1. The molecule has 3 heterocycles. The maximum atomic E-state index is 14.6. The molecule has 3 aromatic rings. The van der Waals surface area contributed by atoms with E-state index in [9.17, 15) is 19.1 Å². The number of aromatic nitrogens is 2. The minimum atomic E-state index is -1.31. The van der Waals surface area contributed by atoms with Gasteiger partial charge >= 0.3 is 5.97 Å². The minimum Gasteiger partial charge on any atom is -0.477 e. The topological polar surface area (TPSA) is 101 Å². The fourth-order valence-corrected chi connectivity index (χ4v) is 3.40. The van der Waals surface area contributed by atoms with E-state index in [0.717, 1.165) is 0 Å². The molecule has 3 N–H and O–H groups in total. The van der Waals surface area contributed by atoms with Crippen LogP contribution >= 0.6 is 0 Å². The molecule has 2 atom stereocenters. The second-order valence-corrected chi connectivity index (χ2v) is 6.70. The van der Waals surface area contributed by atoms with Gasteiger partial charge in [-0.2, -0.15) is 0 Å². The first kappa shape index (κ1) is 16.5. The number of aryl methyl sites for hydroxylation is 1. The molecule has 1 aliphatic rings. The lowest BCUT2D eigenvalue weighted by Crippen LogP contribution is -2.63. The number of carboxylic acid groups (broad SMARTS) is 1. The van der Waals surface area contributed by atoms with Crippen molar-refractivity contribution >= 4 is 33.6 Å². The molecule has 0 radical (unpaired) electrons. The number of nitrogens with two attached hydrogens (primary N) is 1. The van der Waals surface area contributed by atoms with Crippen molar-refractivity contribution in [2.45, 2.75) is 19.0 Å². The second-order valence-electron chi connectivity index (χ2n) is 6.70. The Labute approximate surface area is 147 Å². The van der Waals surface area contributed by atoms with Gasteiger partial charge in [0.25, 0.3) is 0 Å². The Morgan fingerprint density at radius 3 is 2.73 bits per heavy atom. The van der Waals surface area contributed by atoms with E-state index < -0.39 is 17.2 Å². The summed E-state index contributed by atoms with van der Waals surface area (Å²) in [5.74, 6) is -1.74. The molecule has 1 saturated heterocycles. The van der Waals surface area contributed by atoms with Gasteiger partial charge in [-0.05, 0) is 25.1 Å². The predicted molar refractivity (Wildman–Crippen MR) is 96.2 cm³/mol. The van der Waals surface area contributed by atoms with Gasteiger partial charge in [-0.3, -0.25) is 4.79 Å². The molecule has 1 aromatic carbocycles. The number of halogens is 1. The number of nitrogens with zero attached hydrogens (tertiary/aromatic N) is 3. The number of rotatable bonds is 2. The zero-order valence-electron chi connectivity index (χ0n) is 14.2. The number of hydrogen-bond donors (Lipinski definition) is 2. The molecule has 26 heavy (non-hydrogen) atoms. The molecule has 2 unspecified atom stereocenters. The summed E-state index contributed by atoms with van der Waals surface area (Å²) >= 11 is 0. The Balaban J connectivity index is 1.97. The van der Waals surface area contributed by atoms with Gasteiger partial charge < -0.3 is 20.3 Å². The molecule has 0 spiro atoms. The van der Waals surface area contributed by atoms with Crippen molar-refractivity contribution in [1.82, 2.24) is 9.55 Å². The van der Waals surface area contributed by atoms with Crippen LogP contribution < -0.4 is 16.1 Å². The van der Waals surface area contributed by atoms with E-state index in [2.05, 4.69) is 4.98 Å². The molecule has 134 valence electrons. The summed E-state index contributed by atoms with van der Waals surface area (Å²) in [6.07, 6.45) is 1.24. The van der Waals surface area contributed by atoms with Crippen LogP contribution in [-0.2, 0) is 7.05 Å². The second kappa shape index (κ2) is 5.50. The molecule has 0 bridgehead atoms. The highest BCUT2D eigenvalue weighted by Gasteiger charge is 2.34. The number of anilines is 1. The number of carbonyl (C=O) groups is 1. The molecular weight excluding hydrogens is 339 g/mol. The van der Waals surface area contributed by atoms with E-state index in [0.29, 0.717) is 28.8 Å². The summed E-state index contributed by atoms with van der Waals surface area (Å²) in [5, 5.41) is 9.76. The third-order valence-electron chi connectivity index (χ3n) is 5.07. The maximum Gasteiger partial charge on any atom is 0.341 e. The lowest BCUT2D eigenvalue weighted by Gasteiger charge is -2.46. The van der Waals surface area contributed by atoms with E-state index >= 15 is 0 Å². The van der Waals surface area contributed by atoms with E-state index in [1.165, 1.54) is 22.9 Å². The van der Waals surface area contributed by atoms with Crippen molar-refractivity contribution in [3.63, 3.8) is 0 Å². The standard InChI is InChI=1S/C18H17FN4O3/c1-8-13(20)7-23(8)15-5-14-9(4-12(15)19)3-10-16(24)11(18(25)26)6-22(2)17(10)21-14/h3-6,8,13H,7,20H2,1-2H3,(H,25,26). The van der Waals surface area contributed by atoms with Crippen LogP contribution in [0.15, 0.2) is 29.2 Å². The van der Waals surface area contributed by atoms with Crippen LogP contribution in [0, 0.1) is 5.82 Å². The average Bonchev–Trinajstić information content (AvgIpc) is 2.60. The number of fused-ring (bicyclic) bond motifs is 2. The Bertz CT molecular complexity index is 1140. The Morgan fingerprint density at radius 2 is 2.12 bits per heavy atom. The highest BCUT2D eigenvalue weighted by atomic mass is 19.1. The van der Waals surface area contributed by atoms with Crippen LogP contribution in [0.1, 0.15) is 17.3 Å². The van der Waals surface area contributed by atoms with Gasteiger partial charge in [0.1, 0.15) is 17.0 Å². The van der Waals surface area contributed by atoms with Crippen LogP contribution in [-0.4, -0.2) is 39.3 Å². The number of pyridine rings is 2. The fraction of sp³-hybridized carbons (Fsp3) is 0.278. The predicted octanol–water partition coefficient (Wildman–Crippen LogP) is 1.46. The van der Waals surface area contributed by atoms with Gasteiger partial charge in [0.15, 0.2) is 0 Å². The van der Waals surface area contributed by atoms with Crippen molar-refractivity contribution in [2.75, 3.05) is 11.4 Å². The normalized spacial score (nSPS) is 19.8. The van der Waals surface area contributed by atoms with E-state index in [1.54, 1.807) is 13.1 Å². The number of hydrogen-bond acceptors (Lipinski definition) is 5. The Morgan fingerprint density at radius 1 is 1.38 bits per heavy atom. The zero-order valence-corrected chi connectivity index (χ0v) is 14.2. The Kier molecular flexibility index (Phi) is 3.48. The van der Waals surface area contributed by atoms with Crippen molar-refractivity contribution in [1.29, 1.82) is 0 Å². The fourth-order valence-electron chi connectivity index (χ4n) is 3.40. The van der Waals surface area contributed by atoms with E-state index in [-0.39, 0.29) is 23.0 Å². The average molecular weight is 356 g/mol. The summed E-state index contributed by atoms with van der Waals surface area (Å²) in [4.78, 5) is 30.0. The molecule has 0 aliphatic carbocycles. The van der Waals surface area contributed by atoms with Crippen molar-refractivity contribution < 1.29 is 14.3 Å². The summed E-state index contributed by atoms with van der Waals surface area (Å²) in [6, 6.07) is 4.49. The molecule has 4 rings (SSSR count). The quantitative estimate of drug-likeness (QED) is 0.674. The minimum absolute atomic E-state index is 0.00456. The molecule has 8 heteroatoms. The monoisotopic (exact) mass is 356 g/mol. The van der Waals surface area contributed by atoms with Crippen LogP contribution in [0.5, 0.6) is 0 Å². The summed E-state index contributed by atoms with van der Waals surface area (Å²) in [6.45, 7) is 2.50. The maximum absolute atomic E-state index is 14.6. The molecule has 1 aliphatic heterocycles. The van der Waals surface area contributed by atoms with Crippen molar-refractivity contribution in [2.24, 2.45) is 12.8 Å². The molecule has 7 nitrogen and oxygen atoms in total. The lowest BCUT2D eigenvalue weighted by atomic mass is 9.97. The van der Waals surface area contributed by atoms with Gasteiger partial charge in [-0.1, -0.05) is 0 Å². The first-order chi connectivity index (χ1) is 12.3. The van der Waals surface area contributed by atoms with Gasteiger partial charge in [-0.25, -0.2) is 14.2 Å². The van der Waals surface area contributed by atoms with Crippen molar-refractivity contribution in [3.05, 3.63) is 46.0 Å². The molecule has 0 amide bonds. The van der Waals surface area contributed by atoms with E-state index in [1.807, 2.05) is 11.8 Å². The molecule has 2 aromatic heterocycles. The molecule has 1 fully saturated rings. The lowest BCUT2D eigenvalue weighted by molar-refractivity contribution is 0.0695. The molecule has 0 saturated carbocycles. The summed E-state index contributed by atoms with van der Waals surface area (Å²) in [5.41, 5.74) is 6.21. The van der Waals surface area contributed by atoms with Crippen LogP contribution in [0.4, 0.5) is 10.1 Å². The number of benzene rings is 1. The van der Waals surface area contributed by atoms with Crippen LogP contribution in [0.3, 0.4) is 0 Å². The Hall–Kier alpha value is -3.00. The summed E-state index contributed by atoms with van der Waals surface area (Å²) in [7, 11) is 1.62. The van der Waals surface area contributed by atoms with Gasteiger partial charge in [0.2, 0.25) is 5.43 Å². The van der Waals surface area contributed by atoms with Crippen LogP contribution in [0.2, 0.25) is 0 Å². The summed E-state index contributed by atoms with van der Waals surface area (Å²) < 4.78 is 16.1. The molecular formula is C18H17FN4O3.